The molecule has 5 nitrogen and oxygen atoms in total. The lowest BCUT2D eigenvalue weighted by molar-refractivity contribution is -0.144. The molecule has 8 heteroatoms. The molecule has 0 saturated heterocycles. The fraction of sp³-hybridized carbons (Fsp3) is 0.231. The molecule has 0 unspecified atom stereocenters. The number of aromatic nitrogens is 5. The van der Waals surface area contributed by atoms with Crippen molar-refractivity contribution in [1.82, 2.24) is 24.5 Å². The average Bonchev–Trinajstić information content (AvgIpc) is 2.90. The van der Waals surface area contributed by atoms with Crippen LogP contribution in [0.4, 0.5) is 13.2 Å². The lowest BCUT2D eigenvalue weighted by atomic mass is 10.3. The van der Waals surface area contributed by atoms with Crippen molar-refractivity contribution in [3.63, 3.8) is 0 Å². The number of aryl methyl sites for hydroxylation is 1. The summed E-state index contributed by atoms with van der Waals surface area (Å²) in [5, 5.41) is 0. The van der Waals surface area contributed by atoms with E-state index in [0.29, 0.717) is 17.6 Å². The van der Waals surface area contributed by atoms with E-state index in [0.717, 1.165) is 0 Å². The lowest BCUT2D eigenvalue weighted by Crippen LogP contribution is -2.13. The van der Waals surface area contributed by atoms with Gasteiger partial charge in [0.2, 0.25) is 5.82 Å². The molecule has 0 radical (unpaired) electrons. The van der Waals surface area contributed by atoms with E-state index in [2.05, 4.69) is 19.9 Å². The highest BCUT2D eigenvalue weighted by atomic mass is 19.4. The highest BCUT2D eigenvalue weighted by Gasteiger charge is 2.36. The maximum atomic E-state index is 12.9. The first-order chi connectivity index (χ1) is 10.0. The van der Waals surface area contributed by atoms with Gasteiger partial charge >= 0.3 is 6.18 Å². The van der Waals surface area contributed by atoms with Crippen molar-refractivity contribution in [3.8, 4) is 5.69 Å². The van der Waals surface area contributed by atoms with Crippen LogP contribution in [0.25, 0.3) is 16.9 Å². The van der Waals surface area contributed by atoms with Gasteiger partial charge in [-0.3, -0.25) is 9.55 Å². The van der Waals surface area contributed by atoms with Gasteiger partial charge in [-0.25, -0.2) is 15.0 Å². The summed E-state index contributed by atoms with van der Waals surface area (Å²) in [6, 6.07) is 3.34. The quantitative estimate of drug-likeness (QED) is 0.729. The fourth-order valence-electron chi connectivity index (χ4n) is 2.03. The standard InChI is InChI=1S/C13H10F3N5/c1-2-9-10-11(20-12(19-9)13(14,15)16)21(7-18-10)8-3-5-17-6-4-8/h3-7H,2H2,1H3. The number of rotatable bonds is 2. The van der Waals surface area contributed by atoms with Gasteiger partial charge in [0.25, 0.3) is 0 Å². The Bertz CT molecular complexity index is 780. The van der Waals surface area contributed by atoms with E-state index in [-0.39, 0.29) is 11.3 Å². The fourth-order valence-corrected chi connectivity index (χ4v) is 2.03. The van der Waals surface area contributed by atoms with E-state index < -0.39 is 12.0 Å². The maximum Gasteiger partial charge on any atom is 0.451 e. The minimum atomic E-state index is -4.59. The van der Waals surface area contributed by atoms with Crippen LogP contribution in [0.15, 0.2) is 30.9 Å². The molecule has 0 bridgehead atoms. The van der Waals surface area contributed by atoms with Crippen LogP contribution in [0.5, 0.6) is 0 Å². The molecule has 0 fully saturated rings. The number of pyridine rings is 1. The summed E-state index contributed by atoms with van der Waals surface area (Å²) in [5.41, 5.74) is 1.43. The van der Waals surface area contributed by atoms with Gasteiger partial charge in [0.05, 0.1) is 11.4 Å². The Morgan fingerprint density at radius 2 is 1.86 bits per heavy atom. The second-order valence-corrected chi connectivity index (χ2v) is 4.34. The van der Waals surface area contributed by atoms with Crippen LogP contribution in [-0.2, 0) is 12.6 Å². The Morgan fingerprint density at radius 1 is 1.14 bits per heavy atom. The number of hydrogen-bond donors (Lipinski definition) is 0. The molecule has 0 aromatic carbocycles. The number of alkyl halides is 3. The second-order valence-electron chi connectivity index (χ2n) is 4.34. The van der Waals surface area contributed by atoms with Crippen LogP contribution in [0, 0.1) is 0 Å². The zero-order valence-electron chi connectivity index (χ0n) is 11.0. The van der Waals surface area contributed by atoms with Crippen LogP contribution in [0.1, 0.15) is 18.4 Å². The van der Waals surface area contributed by atoms with Gasteiger partial charge in [0.1, 0.15) is 11.8 Å². The molecule has 3 heterocycles. The van der Waals surface area contributed by atoms with E-state index in [9.17, 15) is 13.2 Å². The van der Waals surface area contributed by atoms with Crippen molar-refractivity contribution in [2.75, 3.05) is 0 Å². The Morgan fingerprint density at radius 3 is 2.48 bits per heavy atom. The molecule has 0 saturated carbocycles. The van der Waals surface area contributed by atoms with Crippen molar-refractivity contribution in [2.24, 2.45) is 0 Å². The van der Waals surface area contributed by atoms with Gasteiger partial charge in [-0.15, -0.1) is 0 Å². The van der Waals surface area contributed by atoms with Crippen LogP contribution >= 0.6 is 0 Å². The van der Waals surface area contributed by atoms with Gasteiger partial charge in [0.15, 0.2) is 5.65 Å². The van der Waals surface area contributed by atoms with E-state index in [1.54, 1.807) is 31.5 Å². The summed E-state index contributed by atoms with van der Waals surface area (Å²) < 4.78 is 40.2. The van der Waals surface area contributed by atoms with E-state index >= 15 is 0 Å². The molecule has 0 aliphatic heterocycles. The average molecular weight is 293 g/mol. The Balaban J connectivity index is 2.29. The summed E-state index contributed by atoms with van der Waals surface area (Å²) in [7, 11) is 0. The van der Waals surface area contributed by atoms with Crippen molar-refractivity contribution >= 4 is 11.2 Å². The third-order valence-corrected chi connectivity index (χ3v) is 3.00. The van der Waals surface area contributed by atoms with Crippen molar-refractivity contribution in [3.05, 3.63) is 42.4 Å². The number of halogens is 3. The summed E-state index contributed by atoms with van der Waals surface area (Å²) in [6.07, 6.45) is 0.288. The summed E-state index contributed by atoms with van der Waals surface area (Å²) in [4.78, 5) is 15.2. The SMILES string of the molecule is CCc1nc(C(F)(F)F)nc2c1ncn2-c1ccncc1. The normalized spacial score (nSPS) is 12.0. The van der Waals surface area contributed by atoms with Gasteiger partial charge < -0.3 is 0 Å². The molecule has 0 atom stereocenters. The third kappa shape index (κ3) is 2.32. The number of hydrogen-bond acceptors (Lipinski definition) is 4. The molecule has 0 amide bonds. The van der Waals surface area contributed by atoms with Crippen LogP contribution in [0.3, 0.4) is 0 Å². The van der Waals surface area contributed by atoms with E-state index in [1.165, 1.54) is 10.9 Å². The van der Waals surface area contributed by atoms with Crippen LogP contribution < -0.4 is 0 Å². The first-order valence-electron chi connectivity index (χ1n) is 6.22. The van der Waals surface area contributed by atoms with Gasteiger partial charge in [-0.1, -0.05) is 6.92 Å². The van der Waals surface area contributed by atoms with E-state index in [4.69, 9.17) is 0 Å². The highest BCUT2D eigenvalue weighted by Crippen LogP contribution is 2.29. The minimum Gasteiger partial charge on any atom is -0.283 e. The molecule has 0 aliphatic carbocycles. The smallest absolute Gasteiger partial charge is 0.283 e. The van der Waals surface area contributed by atoms with Gasteiger partial charge in [-0.05, 0) is 18.6 Å². The molecule has 3 aromatic rings. The molecule has 0 spiro atoms. The molecule has 3 rings (SSSR count). The Hall–Kier alpha value is -2.51. The van der Waals surface area contributed by atoms with Gasteiger partial charge in [-0.2, -0.15) is 13.2 Å². The first kappa shape index (κ1) is 13.5. The topological polar surface area (TPSA) is 56.5 Å². The number of nitrogens with zero attached hydrogens (tertiary/aromatic N) is 5. The monoisotopic (exact) mass is 293 g/mol. The van der Waals surface area contributed by atoms with Crippen LogP contribution in [-0.4, -0.2) is 24.5 Å². The van der Waals surface area contributed by atoms with Crippen LogP contribution in [0.2, 0.25) is 0 Å². The Labute approximate surface area is 117 Å². The van der Waals surface area contributed by atoms with E-state index in [1.807, 2.05) is 0 Å². The molecule has 21 heavy (non-hydrogen) atoms. The molecule has 108 valence electrons. The first-order valence-corrected chi connectivity index (χ1v) is 6.22. The molecule has 3 aromatic heterocycles. The number of fused-ring (bicyclic) bond motifs is 1. The zero-order valence-corrected chi connectivity index (χ0v) is 11.0. The lowest BCUT2D eigenvalue weighted by Gasteiger charge is -2.08. The second kappa shape index (κ2) is 4.80. The molecule has 0 N–H and O–H groups in total. The van der Waals surface area contributed by atoms with Crippen molar-refractivity contribution < 1.29 is 13.2 Å². The van der Waals surface area contributed by atoms with Crippen molar-refractivity contribution in [2.45, 2.75) is 19.5 Å². The third-order valence-electron chi connectivity index (χ3n) is 3.00. The maximum absolute atomic E-state index is 12.9. The summed E-state index contributed by atoms with van der Waals surface area (Å²) >= 11 is 0. The Kier molecular flexibility index (Phi) is 3.08. The van der Waals surface area contributed by atoms with Gasteiger partial charge in [0, 0.05) is 12.4 Å². The summed E-state index contributed by atoms with van der Waals surface area (Å²) in [5.74, 6) is -1.15. The predicted octanol–water partition coefficient (Wildman–Crippen LogP) is 2.79. The molecular formula is C13H10F3N5. The minimum absolute atomic E-state index is 0.139. The molecule has 0 aliphatic rings. The predicted molar refractivity (Wildman–Crippen MR) is 68.8 cm³/mol. The highest BCUT2D eigenvalue weighted by molar-refractivity contribution is 5.75. The van der Waals surface area contributed by atoms with Crippen molar-refractivity contribution in [1.29, 1.82) is 0 Å². The largest absolute Gasteiger partial charge is 0.451 e. The number of imidazole rings is 1. The molecular weight excluding hydrogens is 283 g/mol. The zero-order chi connectivity index (χ0) is 15.0. The summed E-state index contributed by atoms with van der Waals surface area (Å²) in [6.45, 7) is 1.73.